The van der Waals surface area contributed by atoms with Gasteiger partial charge in [0.1, 0.15) is 5.75 Å². The molecule has 0 radical (unpaired) electrons. The summed E-state index contributed by atoms with van der Waals surface area (Å²) in [5.74, 6) is 0.960. The third-order valence-electron chi connectivity index (χ3n) is 3.08. The van der Waals surface area contributed by atoms with Gasteiger partial charge in [0.25, 0.3) is 0 Å². The fourth-order valence-electron chi connectivity index (χ4n) is 1.86. The van der Waals surface area contributed by atoms with Gasteiger partial charge in [-0.2, -0.15) is 0 Å². The highest BCUT2D eigenvalue weighted by molar-refractivity contribution is 5.46. The van der Waals surface area contributed by atoms with E-state index in [1.807, 2.05) is 12.1 Å². The molecule has 1 aromatic rings. The second-order valence-corrected chi connectivity index (χ2v) is 4.86. The van der Waals surface area contributed by atoms with Crippen LogP contribution in [-0.4, -0.2) is 19.7 Å². The van der Waals surface area contributed by atoms with Gasteiger partial charge >= 0.3 is 0 Å². The Morgan fingerprint density at radius 1 is 1.00 bits per heavy atom. The van der Waals surface area contributed by atoms with Gasteiger partial charge in [0.2, 0.25) is 0 Å². The Balaban J connectivity index is 2.13. The summed E-state index contributed by atoms with van der Waals surface area (Å²) in [7, 11) is 0. The zero-order chi connectivity index (χ0) is 13.8. The van der Waals surface area contributed by atoms with E-state index in [2.05, 4.69) is 24.4 Å². The molecule has 0 fully saturated rings. The molecule has 0 spiro atoms. The Hall–Kier alpha value is -1.22. The lowest BCUT2D eigenvalue weighted by atomic mass is 10.2. The second kappa shape index (κ2) is 10.7. The number of ether oxygens (including phenoxy) is 1. The average Bonchev–Trinajstić information content (AvgIpc) is 2.44. The fourth-order valence-corrected chi connectivity index (χ4v) is 1.86. The van der Waals surface area contributed by atoms with Crippen LogP contribution in [0.2, 0.25) is 0 Å². The summed E-state index contributed by atoms with van der Waals surface area (Å²) >= 11 is 0. The predicted octanol–water partition coefficient (Wildman–Crippen LogP) is 3.80. The standard InChI is InChI=1S/C16H28N2O/c1-2-3-14-19-16-10-8-15(9-11-16)18-13-7-5-4-6-12-17/h8-11,18H,2-7,12-14,17H2,1H3. The van der Waals surface area contributed by atoms with Crippen molar-refractivity contribution in [2.75, 3.05) is 25.0 Å². The third-order valence-corrected chi connectivity index (χ3v) is 3.08. The fraction of sp³-hybridized carbons (Fsp3) is 0.625. The minimum Gasteiger partial charge on any atom is -0.494 e. The minimum absolute atomic E-state index is 0.810. The molecular formula is C16H28N2O. The molecular weight excluding hydrogens is 236 g/mol. The van der Waals surface area contributed by atoms with Gasteiger partial charge in [-0.1, -0.05) is 26.2 Å². The number of hydrogen-bond donors (Lipinski definition) is 2. The van der Waals surface area contributed by atoms with Crippen LogP contribution < -0.4 is 15.8 Å². The number of nitrogens with two attached hydrogens (primary N) is 1. The molecule has 0 saturated heterocycles. The van der Waals surface area contributed by atoms with Crippen molar-refractivity contribution in [3.8, 4) is 5.75 Å². The summed E-state index contributed by atoms with van der Waals surface area (Å²) in [4.78, 5) is 0. The van der Waals surface area contributed by atoms with Crippen LogP contribution in [0.15, 0.2) is 24.3 Å². The van der Waals surface area contributed by atoms with Crippen molar-refractivity contribution in [1.29, 1.82) is 0 Å². The maximum Gasteiger partial charge on any atom is 0.119 e. The van der Waals surface area contributed by atoms with E-state index in [0.29, 0.717) is 0 Å². The molecule has 0 atom stereocenters. The van der Waals surface area contributed by atoms with Crippen LogP contribution in [0.25, 0.3) is 0 Å². The van der Waals surface area contributed by atoms with Crippen LogP contribution in [0.3, 0.4) is 0 Å². The highest BCUT2D eigenvalue weighted by Gasteiger charge is 1.95. The van der Waals surface area contributed by atoms with E-state index in [1.54, 1.807) is 0 Å². The van der Waals surface area contributed by atoms with Crippen LogP contribution in [0, 0.1) is 0 Å². The van der Waals surface area contributed by atoms with Crippen molar-refractivity contribution >= 4 is 5.69 Å². The zero-order valence-corrected chi connectivity index (χ0v) is 12.2. The lowest BCUT2D eigenvalue weighted by Crippen LogP contribution is -2.03. The quantitative estimate of drug-likeness (QED) is 0.598. The minimum atomic E-state index is 0.810. The molecule has 0 aliphatic carbocycles. The maximum absolute atomic E-state index is 5.63. The number of anilines is 1. The molecule has 3 N–H and O–H groups in total. The number of hydrogen-bond acceptors (Lipinski definition) is 3. The normalized spacial score (nSPS) is 10.4. The summed E-state index contributed by atoms with van der Waals surface area (Å²) in [6.07, 6.45) is 7.12. The molecule has 0 heterocycles. The van der Waals surface area contributed by atoms with Crippen LogP contribution in [0.4, 0.5) is 5.69 Å². The van der Waals surface area contributed by atoms with Crippen molar-refractivity contribution in [2.45, 2.75) is 45.4 Å². The highest BCUT2D eigenvalue weighted by atomic mass is 16.5. The number of rotatable bonds is 11. The van der Waals surface area contributed by atoms with Gasteiger partial charge in [-0.3, -0.25) is 0 Å². The van der Waals surface area contributed by atoms with Gasteiger partial charge in [0.05, 0.1) is 6.61 Å². The molecule has 3 nitrogen and oxygen atoms in total. The Morgan fingerprint density at radius 3 is 2.42 bits per heavy atom. The Morgan fingerprint density at radius 2 is 1.74 bits per heavy atom. The van der Waals surface area contributed by atoms with Crippen LogP contribution in [-0.2, 0) is 0 Å². The molecule has 0 unspecified atom stereocenters. The first-order valence-electron chi connectivity index (χ1n) is 7.53. The first-order chi connectivity index (χ1) is 9.36. The average molecular weight is 264 g/mol. The van der Waals surface area contributed by atoms with E-state index >= 15 is 0 Å². The van der Waals surface area contributed by atoms with Crippen LogP contribution in [0.1, 0.15) is 45.4 Å². The monoisotopic (exact) mass is 264 g/mol. The molecule has 0 aliphatic heterocycles. The lowest BCUT2D eigenvalue weighted by molar-refractivity contribution is 0.309. The summed E-state index contributed by atoms with van der Waals surface area (Å²) in [6.45, 7) is 4.82. The molecule has 19 heavy (non-hydrogen) atoms. The summed E-state index contributed by atoms with van der Waals surface area (Å²) < 4.78 is 5.63. The molecule has 1 rings (SSSR count). The second-order valence-electron chi connectivity index (χ2n) is 4.86. The van der Waals surface area contributed by atoms with Gasteiger partial charge in [-0.15, -0.1) is 0 Å². The van der Waals surface area contributed by atoms with E-state index in [4.69, 9.17) is 10.5 Å². The van der Waals surface area contributed by atoms with Crippen molar-refractivity contribution in [3.63, 3.8) is 0 Å². The van der Waals surface area contributed by atoms with Gasteiger partial charge in [0.15, 0.2) is 0 Å². The smallest absolute Gasteiger partial charge is 0.119 e. The Labute approximate surface area is 117 Å². The maximum atomic E-state index is 5.63. The molecule has 0 amide bonds. The van der Waals surface area contributed by atoms with Gasteiger partial charge < -0.3 is 15.8 Å². The van der Waals surface area contributed by atoms with Gasteiger partial charge in [-0.25, -0.2) is 0 Å². The van der Waals surface area contributed by atoms with Crippen molar-refractivity contribution in [1.82, 2.24) is 0 Å². The Kier molecular flexibility index (Phi) is 8.90. The molecule has 0 aliphatic rings. The van der Waals surface area contributed by atoms with Crippen molar-refractivity contribution in [2.24, 2.45) is 5.73 Å². The summed E-state index contributed by atoms with van der Waals surface area (Å²) in [6, 6.07) is 8.24. The number of nitrogens with one attached hydrogen (secondary N) is 1. The van der Waals surface area contributed by atoms with E-state index in [-0.39, 0.29) is 0 Å². The van der Waals surface area contributed by atoms with E-state index in [9.17, 15) is 0 Å². The Bertz CT molecular complexity index is 311. The largest absolute Gasteiger partial charge is 0.494 e. The molecule has 0 aromatic heterocycles. The van der Waals surface area contributed by atoms with E-state index in [1.165, 1.54) is 31.4 Å². The molecule has 1 aromatic carbocycles. The summed E-state index contributed by atoms with van der Waals surface area (Å²) in [5, 5.41) is 3.43. The predicted molar refractivity (Wildman–Crippen MR) is 82.9 cm³/mol. The SMILES string of the molecule is CCCCOc1ccc(NCCCCCCN)cc1. The first-order valence-corrected chi connectivity index (χ1v) is 7.53. The van der Waals surface area contributed by atoms with E-state index in [0.717, 1.165) is 38.3 Å². The number of benzene rings is 1. The zero-order valence-electron chi connectivity index (χ0n) is 12.2. The number of unbranched alkanes of at least 4 members (excludes halogenated alkanes) is 4. The molecule has 0 bridgehead atoms. The third kappa shape index (κ3) is 7.73. The van der Waals surface area contributed by atoms with Crippen LogP contribution in [0.5, 0.6) is 5.75 Å². The van der Waals surface area contributed by atoms with Gasteiger partial charge in [0, 0.05) is 12.2 Å². The topological polar surface area (TPSA) is 47.3 Å². The molecule has 108 valence electrons. The summed E-state index contributed by atoms with van der Waals surface area (Å²) in [5.41, 5.74) is 6.63. The van der Waals surface area contributed by atoms with Crippen molar-refractivity contribution < 1.29 is 4.74 Å². The first kappa shape index (κ1) is 15.8. The lowest BCUT2D eigenvalue weighted by Gasteiger charge is -2.08. The van der Waals surface area contributed by atoms with Gasteiger partial charge in [-0.05, 0) is 50.1 Å². The highest BCUT2D eigenvalue weighted by Crippen LogP contribution is 2.16. The molecule has 3 heteroatoms. The van der Waals surface area contributed by atoms with Crippen LogP contribution >= 0.6 is 0 Å². The van der Waals surface area contributed by atoms with E-state index < -0.39 is 0 Å². The molecule has 0 saturated carbocycles. The van der Waals surface area contributed by atoms with Crippen molar-refractivity contribution in [3.05, 3.63) is 24.3 Å².